The Kier molecular flexibility index (Phi) is 6.16. The zero-order valence-corrected chi connectivity index (χ0v) is 20.1. The zero-order chi connectivity index (χ0) is 23.8. The molecule has 2 aromatic rings. The van der Waals surface area contributed by atoms with E-state index in [1.807, 2.05) is 54.4 Å². The molecule has 0 bridgehead atoms. The molecule has 0 aliphatic carbocycles. The second-order valence-corrected chi connectivity index (χ2v) is 9.28. The minimum Gasteiger partial charge on any atom is -0.356 e. The van der Waals surface area contributed by atoms with Crippen LogP contribution in [0, 0.1) is 0 Å². The fourth-order valence-electron chi connectivity index (χ4n) is 4.31. The summed E-state index contributed by atoms with van der Waals surface area (Å²) in [5.41, 5.74) is 2.80. The van der Waals surface area contributed by atoms with Crippen molar-refractivity contribution in [3.05, 3.63) is 92.5 Å². The van der Waals surface area contributed by atoms with Crippen molar-refractivity contribution in [2.45, 2.75) is 6.54 Å². The van der Waals surface area contributed by atoms with E-state index in [0.717, 1.165) is 25.2 Å². The van der Waals surface area contributed by atoms with Gasteiger partial charge in [-0.2, -0.15) is 9.78 Å². The van der Waals surface area contributed by atoms with E-state index in [0.29, 0.717) is 45.6 Å². The maximum absolute atomic E-state index is 13.5. The van der Waals surface area contributed by atoms with Crippen LogP contribution in [-0.4, -0.2) is 56.2 Å². The minimum atomic E-state index is -0.238. The Morgan fingerprint density at radius 3 is 2.41 bits per heavy atom. The Bertz CT molecular complexity index is 1370. The number of piperazine rings is 1. The molecule has 0 unspecified atom stereocenters. The summed E-state index contributed by atoms with van der Waals surface area (Å²) in [6.45, 7) is 3.39. The van der Waals surface area contributed by atoms with Gasteiger partial charge in [-0.05, 0) is 29.8 Å². The second kappa shape index (κ2) is 9.25. The predicted molar refractivity (Wildman–Crippen MR) is 133 cm³/mol. The summed E-state index contributed by atoms with van der Waals surface area (Å²) < 4.78 is 3.10. The van der Waals surface area contributed by atoms with E-state index in [1.54, 1.807) is 23.0 Å². The third kappa shape index (κ3) is 4.34. The average Bonchev–Trinajstić information content (AvgIpc) is 3.18. The van der Waals surface area contributed by atoms with E-state index < -0.39 is 0 Å². The van der Waals surface area contributed by atoms with Crippen molar-refractivity contribution >= 4 is 29.1 Å². The number of hydrogen-bond donors (Lipinski definition) is 0. The van der Waals surface area contributed by atoms with Gasteiger partial charge in [-0.1, -0.05) is 47.5 Å². The molecule has 7 nitrogen and oxygen atoms in total. The van der Waals surface area contributed by atoms with Crippen LogP contribution in [0.2, 0.25) is 10.0 Å². The van der Waals surface area contributed by atoms with Crippen LogP contribution in [0.4, 0.5) is 0 Å². The fourth-order valence-corrected chi connectivity index (χ4v) is 4.63. The Morgan fingerprint density at radius 1 is 0.971 bits per heavy atom. The largest absolute Gasteiger partial charge is 0.356 e. The van der Waals surface area contributed by atoms with Crippen LogP contribution in [-0.2, 0) is 13.6 Å². The van der Waals surface area contributed by atoms with E-state index in [4.69, 9.17) is 23.2 Å². The SMILES string of the molecule is Cn1cc(C(=O)N2CCN(Cc3ccc(Cl)c(Cl)c3)CC2)c2nn(-c3ccccc3)c(=O)c-2c1. The Hall–Kier alpha value is -3.13. The molecule has 0 radical (unpaired) electrons. The van der Waals surface area contributed by atoms with Crippen LogP contribution in [0.1, 0.15) is 15.9 Å². The highest BCUT2D eigenvalue weighted by Gasteiger charge is 2.28. The smallest absolute Gasteiger partial charge is 0.282 e. The van der Waals surface area contributed by atoms with Gasteiger partial charge in [0, 0.05) is 52.2 Å². The highest BCUT2D eigenvalue weighted by atomic mass is 35.5. The van der Waals surface area contributed by atoms with Gasteiger partial charge in [-0.25, -0.2) is 0 Å². The van der Waals surface area contributed by atoms with Crippen molar-refractivity contribution in [3.8, 4) is 16.9 Å². The van der Waals surface area contributed by atoms with Gasteiger partial charge in [0.1, 0.15) is 5.69 Å². The number of rotatable bonds is 4. The molecule has 3 aliphatic heterocycles. The molecule has 0 saturated carbocycles. The van der Waals surface area contributed by atoms with Gasteiger partial charge < -0.3 is 9.47 Å². The minimum absolute atomic E-state index is 0.118. The molecular weight excluding hydrogens is 473 g/mol. The number of carbonyl (C=O) groups excluding carboxylic acids is 1. The van der Waals surface area contributed by atoms with Gasteiger partial charge in [-0.15, -0.1) is 0 Å². The van der Waals surface area contributed by atoms with Gasteiger partial charge in [0.2, 0.25) is 0 Å². The number of nitrogens with zero attached hydrogens (tertiary/aromatic N) is 5. The maximum atomic E-state index is 13.5. The molecule has 5 rings (SSSR count). The van der Waals surface area contributed by atoms with Crippen molar-refractivity contribution in [3.63, 3.8) is 0 Å². The molecule has 34 heavy (non-hydrogen) atoms. The molecule has 3 heterocycles. The number of carbonyl (C=O) groups is 1. The number of amides is 1. The molecule has 3 aliphatic rings. The molecule has 1 fully saturated rings. The first kappa shape index (κ1) is 22.7. The molecule has 1 amide bonds. The number of pyridine rings is 1. The zero-order valence-electron chi connectivity index (χ0n) is 18.6. The average molecular weight is 496 g/mol. The van der Waals surface area contributed by atoms with Gasteiger partial charge >= 0.3 is 0 Å². The highest BCUT2D eigenvalue weighted by molar-refractivity contribution is 6.42. The third-order valence-electron chi connectivity index (χ3n) is 6.08. The predicted octanol–water partition coefficient (Wildman–Crippen LogP) is 3.94. The van der Waals surface area contributed by atoms with E-state index >= 15 is 0 Å². The highest BCUT2D eigenvalue weighted by Crippen LogP contribution is 2.25. The first-order chi connectivity index (χ1) is 16.4. The summed E-state index contributed by atoms with van der Waals surface area (Å²) in [6, 6.07) is 14.9. The number of aromatic nitrogens is 3. The third-order valence-corrected chi connectivity index (χ3v) is 6.82. The molecule has 1 saturated heterocycles. The lowest BCUT2D eigenvalue weighted by Crippen LogP contribution is -2.48. The van der Waals surface area contributed by atoms with Crippen LogP contribution < -0.4 is 5.56 Å². The first-order valence-electron chi connectivity index (χ1n) is 11.0. The molecule has 174 valence electrons. The number of halogens is 2. The van der Waals surface area contributed by atoms with E-state index in [-0.39, 0.29) is 11.5 Å². The lowest BCUT2D eigenvalue weighted by molar-refractivity contribution is 0.0628. The Morgan fingerprint density at radius 2 is 1.71 bits per heavy atom. The summed E-state index contributed by atoms with van der Waals surface area (Å²) in [5.74, 6) is -0.118. The Balaban J connectivity index is 1.35. The van der Waals surface area contributed by atoms with Gasteiger partial charge in [0.25, 0.3) is 11.5 Å². The first-order valence-corrected chi connectivity index (χ1v) is 11.8. The Labute approximate surface area is 207 Å². The fraction of sp³-hybridized carbons (Fsp3) is 0.240. The van der Waals surface area contributed by atoms with Crippen molar-refractivity contribution in [2.75, 3.05) is 26.2 Å². The summed E-state index contributed by atoms with van der Waals surface area (Å²) >= 11 is 12.2. The molecular formula is C25H23Cl2N5O2. The number of para-hydroxylation sites is 1. The number of fused-ring (bicyclic) bond motifs is 1. The van der Waals surface area contributed by atoms with Crippen molar-refractivity contribution < 1.29 is 4.79 Å². The van der Waals surface area contributed by atoms with Gasteiger partial charge in [0.05, 0.1) is 26.9 Å². The lowest BCUT2D eigenvalue weighted by atomic mass is 10.1. The normalized spacial score (nSPS) is 14.6. The van der Waals surface area contributed by atoms with Crippen LogP contribution in [0.3, 0.4) is 0 Å². The van der Waals surface area contributed by atoms with Gasteiger partial charge in [0.15, 0.2) is 0 Å². The summed E-state index contributed by atoms with van der Waals surface area (Å²) in [6.07, 6.45) is 3.46. The van der Waals surface area contributed by atoms with E-state index in [2.05, 4.69) is 10.00 Å². The van der Waals surface area contributed by atoms with Crippen molar-refractivity contribution in [1.82, 2.24) is 24.1 Å². The number of hydrogen-bond acceptors (Lipinski definition) is 4. The number of aryl methyl sites for hydroxylation is 1. The molecule has 0 N–H and O–H groups in total. The van der Waals surface area contributed by atoms with Gasteiger partial charge in [-0.3, -0.25) is 14.5 Å². The van der Waals surface area contributed by atoms with Crippen LogP contribution in [0.5, 0.6) is 0 Å². The van der Waals surface area contributed by atoms with Crippen molar-refractivity contribution in [1.29, 1.82) is 0 Å². The monoisotopic (exact) mass is 495 g/mol. The standard InChI is InChI=1S/C25H23Cl2N5O2/c1-29-15-19(23-20(16-29)25(34)32(28-23)18-5-3-2-4-6-18)24(33)31-11-9-30(10-12-31)14-17-7-8-21(26)22(27)13-17/h2-8,13,15-16H,9-12,14H2,1H3. The maximum Gasteiger partial charge on any atom is 0.282 e. The number of benzene rings is 2. The summed E-state index contributed by atoms with van der Waals surface area (Å²) in [7, 11) is 1.81. The second-order valence-electron chi connectivity index (χ2n) is 8.47. The molecule has 0 atom stereocenters. The van der Waals surface area contributed by atoms with E-state index in [9.17, 15) is 9.59 Å². The molecule has 0 aromatic heterocycles. The quantitative estimate of drug-likeness (QED) is 0.430. The van der Waals surface area contributed by atoms with Crippen LogP contribution in [0.25, 0.3) is 16.9 Å². The topological polar surface area (TPSA) is 63.4 Å². The van der Waals surface area contributed by atoms with Crippen LogP contribution in [0.15, 0.2) is 65.7 Å². The molecule has 2 aromatic carbocycles. The lowest BCUT2D eigenvalue weighted by Gasteiger charge is -2.35. The summed E-state index contributed by atoms with van der Waals surface area (Å²) in [5, 5.41) is 5.62. The van der Waals surface area contributed by atoms with Crippen molar-refractivity contribution in [2.24, 2.45) is 7.05 Å². The summed E-state index contributed by atoms with van der Waals surface area (Å²) in [4.78, 5) is 30.6. The molecule has 9 heteroatoms. The van der Waals surface area contributed by atoms with Crippen LogP contribution >= 0.6 is 23.2 Å². The molecule has 0 spiro atoms. The van der Waals surface area contributed by atoms with E-state index in [1.165, 1.54) is 4.68 Å².